The Morgan fingerprint density at radius 3 is 2.46 bits per heavy atom. The molecule has 0 spiro atoms. The summed E-state index contributed by atoms with van der Waals surface area (Å²) in [6, 6.07) is 5.52. The lowest BCUT2D eigenvalue weighted by molar-refractivity contribution is -0.140. The van der Waals surface area contributed by atoms with E-state index in [-0.39, 0.29) is 5.71 Å². The molecule has 10 heteroatoms. The van der Waals surface area contributed by atoms with Crippen molar-refractivity contribution in [1.29, 1.82) is 0 Å². The van der Waals surface area contributed by atoms with Gasteiger partial charge in [-0.3, -0.25) is 0 Å². The second kappa shape index (κ2) is 7.26. The lowest BCUT2D eigenvalue weighted by Crippen LogP contribution is -2.36. The summed E-state index contributed by atoms with van der Waals surface area (Å²) < 4.78 is 82.4. The number of hydrogen-bond acceptors (Lipinski definition) is 2. The lowest BCUT2D eigenvalue weighted by Gasteiger charge is -2.27. The van der Waals surface area contributed by atoms with E-state index in [1.807, 2.05) is 0 Å². The largest absolute Gasteiger partial charge is 0.416 e. The monoisotopic (exact) mass is 485 g/mol. The van der Waals surface area contributed by atoms with Gasteiger partial charge in [-0.25, -0.2) is 13.2 Å². The molecule has 2 aromatic rings. The first-order valence-corrected chi connectivity index (χ1v) is 8.99. The Labute approximate surface area is 169 Å². The first-order chi connectivity index (χ1) is 13.0. The van der Waals surface area contributed by atoms with E-state index >= 15 is 0 Å². The minimum absolute atomic E-state index is 0.0591. The highest BCUT2D eigenvalue weighted by atomic mass is 79.9. The molecule has 0 amide bonds. The van der Waals surface area contributed by atoms with E-state index in [1.54, 1.807) is 25.1 Å². The molecule has 0 saturated heterocycles. The van der Waals surface area contributed by atoms with Gasteiger partial charge in [0.2, 0.25) is 5.60 Å². The molecule has 0 fully saturated rings. The Bertz CT molecular complexity index is 962. The Morgan fingerprint density at radius 2 is 1.89 bits per heavy atom. The Morgan fingerprint density at radius 1 is 1.21 bits per heavy atom. The van der Waals surface area contributed by atoms with Crippen molar-refractivity contribution in [3.05, 3.63) is 67.9 Å². The van der Waals surface area contributed by atoms with E-state index in [1.165, 1.54) is 0 Å². The number of aryl methyl sites for hydroxylation is 1. The number of oxime groups is 1. The van der Waals surface area contributed by atoms with Gasteiger partial charge in [-0.2, -0.15) is 13.2 Å². The molecule has 0 radical (unpaired) electrons. The number of halogens is 8. The summed E-state index contributed by atoms with van der Waals surface area (Å²) in [6.45, 7) is 1.76. The van der Waals surface area contributed by atoms with Crippen molar-refractivity contribution in [2.75, 3.05) is 0 Å². The van der Waals surface area contributed by atoms with E-state index in [4.69, 9.17) is 16.4 Å². The maximum atomic E-state index is 14.5. The lowest BCUT2D eigenvalue weighted by atomic mass is 9.86. The highest BCUT2D eigenvalue weighted by molar-refractivity contribution is 9.10. The van der Waals surface area contributed by atoms with Gasteiger partial charge in [-0.15, -0.1) is 0 Å². The van der Waals surface area contributed by atoms with Crippen molar-refractivity contribution < 1.29 is 31.2 Å². The summed E-state index contributed by atoms with van der Waals surface area (Å²) in [6.07, 6.45) is -8.89. The van der Waals surface area contributed by atoms with Gasteiger partial charge < -0.3 is 4.84 Å². The van der Waals surface area contributed by atoms with Gasteiger partial charge >= 0.3 is 6.18 Å². The molecule has 1 heterocycles. The average molecular weight is 487 g/mol. The predicted molar refractivity (Wildman–Crippen MR) is 95.2 cm³/mol. The number of alkyl halides is 5. The third-order valence-corrected chi connectivity index (χ3v) is 5.57. The molecular weight excluding hydrogens is 476 g/mol. The van der Waals surface area contributed by atoms with Crippen LogP contribution in [-0.2, 0) is 16.6 Å². The van der Waals surface area contributed by atoms with Crippen molar-refractivity contribution in [3.8, 4) is 0 Å². The fourth-order valence-corrected chi connectivity index (χ4v) is 3.33. The van der Waals surface area contributed by atoms with Gasteiger partial charge in [0.15, 0.2) is 0 Å². The third kappa shape index (κ3) is 3.61. The highest BCUT2D eigenvalue weighted by Gasteiger charge is 2.52. The molecule has 2 aromatic carbocycles. The molecular formula is C18H11BrClF6NO. The average Bonchev–Trinajstić information content (AvgIpc) is 3.05. The standard InChI is InChI=1S/C18H11BrClF6NO/c1-8-4-9(2-3-12(8)19)14-7-17(16(22)23,28-27-14)11-5-10(18(24,25)26)6-13(20)15(11)21/h2-6,16H,7H2,1H3. The molecule has 0 N–H and O–H groups in total. The van der Waals surface area contributed by atoms with Crippen molar-refractivity contribution >= 4 is 33.2 Å². The second-order valence-corrected chi connectivity index (χ2v) is 7.54. The van der Waals surface area contributed by atoms with E-state index in [0.717, 1.165) is 10.0 Å². The molecule has 0 bridgehead atoms. The predicted octanol–water partition coefficient (Wildman–Crippen LogP) is 6.85. The number of hydrogen-bond donors (Lipinski definition) is 0. The zero-order valence-corrected chi connectivity index (χ0v) is 16.4. The smallest absolute Gasteiger partial charge is 0.377 e. The van der Waals surface area contributed by atoms with Gasteiger partial charge in [0.25, 0.3) is 6.43 Å². The van der Waals surface area contributed by atoms with Crippen LogP contribution in [0.25, 0.3) is 0 Å². The highest BCUT2D eigenvalue weighted by Crippen LogP contribution is 2.46. The van der Waals surface area contributed by atoms with Crippen LogP contribution in [-0.4, -0.2) is 12.1 Å². The molecule has 1 aliphatic heterocycles. The van der Waals surface area contributed by atoms with Crippen LogP contribution in [0.1, 0.15) is 28.7 Å². The summed E-state index contributed by atoms with van der Waals surface area (Å²) in [5.41, 5.74) is -3.79. The molecule has 0 aromatic heterocycles. The summed E-state index contributed by atoms with van der Waals surface area (Å²) in [5, 5.41) is 2.69. The maximum absolute atomic E-state index is 14.5. The number of rotatable bonds is 3. The Hall–Kier alpha value is -1.74. The number of nitrogens with zero attached hydrogens (tertiary/aromatic N) is 1. The molecule has 0 aliphatic carbocycles. The maximum Gasteiger partial charge on any atom is 0.416 e. The van der Waals surface area contributed by atoms with Gasteiger partial charge in [0, 0.05) is 16.5 Å². The number of benzene rings is 2. The van der Waals surface area contributed by atoms with Crippen LogP contribution in [0.4, 0.5) is 26.3 Å². The van der Waals surface area contributed by atoms with Crippen LogP contribution in [0.5, 0.6) is 0 Å². The molecule has 150 valence electrons. The van der Waals surface area contributed by atoms with Crippen LogP contribution in [0.3, 0.4) is 0 Å². The van der Waals surface area contributed by atoms with Gasteiger partial charge in [0.05, 0.1) is 16.3 Å². The molecule has 2 nitrogen and oxygen atoms in total. The summed E-state index contributed by atoms with van der Waals surface area (Å²) in [4.78, 5) is 4.89. The molecule has 1 unspecified atom stereocenters. The van der Waals surface area contributed by atoms with E-state index < -0.39 is 46.6 Å². The molecule has 0 saturated carbocycles. The van der Waals surface area contributed by atoms with Gasteiger partial charge in [0.1, 0.15) is 5.82 Å². The molecule has 1 atom stereocenters. The van der Waals surface area contributed by atoms with Crippen molar-refractivity contribution in [2.24, 2.45) is 5.16 Å². The van der Waals surface area contributed by atoms with Crippen LogP contribution in [0.2, 0.25) is 5.02 Å². The van der Waals surface area contributed by atoms with Gasteiger partial charge in [-0.1, -0.05) is 38.8 Å². The van der Waals surface area contributed by atoms with Crippen LogP contribution < -0.4 is 0 Å². The quantitative estimate of drug-likeness (QED) is 0.435. The van der Waals surface area contributed by atoms with Crippen LogP contribution in [0, 0.1) is 12.7 Å². The summed E-state index contributed by atoms with van der Waals surface area (Å²) >= 11 is 8.85. The Balaban J connectivity index is 2.09. The van der Waals surface area contributed by atoms with Crippen molar-refractivity contribution in [2.45, 2.75) is 31.5 Å². The minimum Gasteiger partial charge on any atom is -0.377 e. The first kappa shape index (κ1) is 21.0. The third-order valence-electron chi connectivity index (χ3n) is 4.40. The van der Waals surface area contributed by atoms with E-state index in [2.05, 4.69) is 21.1 Å². The molecule has 3 rings (SSSR count). The summed E-state index contributed by atoms with van der Waals surface area (Å²) in [5.74, 6) is -1.40. The first-order valence-electron chi connectivity index (χ1n) is 7.82. The van der Waals surface area contributed by atoms with Crippen LogP contribution in [0.15, 0.2) is 40.0 Å². The Kier molecular flexibility index (Phi) is 5.44. The topological polar surface area (TPSA) is 21.6 Å². The zero-order valence-electron chi connectivity index (χ0n) is 14.1. The summed E-state index contributed by atoms with van der Waals surface area (Å²) in [7, 11) is 0. The van der Waals surface area contributed by atoms with Crippen LogP contribution >= 0.6 is 27.5 Å². The zero-order chi connectivity index (χ0) is 20.9. The van der Waals surface area contributed by atoms with Crippen molar-refractivity contribution in [1.82, 2.24) is 0 Å². The second-order valence-electron chi connectivity index (χ2n) is 6.28. The fraction of sp³-hybridized carbons (Fsp3) is 0.278. The van der Waals surface area contributed by atoms with Crippen molar-refractivity contribution in [3.63, 3.8) is 0 Å². The van der Waals surface area contributed by atoms with E-state index in [9.17, 15) is 26.3 Å². The molecule has 1 aliphatic rings. The molecule has 28 heavy (non-hydrogen) atoms. The SMILES string of the molecule is Cc1cc(C2=NOC(c3cc(C(F)(F)F)cc(Cl)c3F)(C(F)F)C2)ccc1Br. The van der Waals surface area contributed by atoms with Gasteiger partial charge in [-0.05, 0) is 42.3 Å². The minimum atomic E-state index is -4.90. The van der Waals surface area contributed by atoms with E-state index in [0.29, 0.717) is 17.7 Å². The fourth-order valence-electron chi connectivity index (χ4n) is 2.87. The normalized spacial score (nSPS) is 19.7.